The summed E-state index contributed by atoms with van der Waals surface area (Å²) in [6, 6.07) is 1.97. The molecule has 0 aliphatic heterocycles. The number of aryl methyl sites for hydroxylation is 2. The summed E-state index contributed by atoms with van der Waals surface area (Å²) in [6.45, 7) is 1.97. The van der Waals surface area contributed by atoms with Gasteiger partial charge in [0.05, 0.1) is 11.6 Å². The zero-order chi connectivity index (χ0) is 9.59. The van der Waals surface area contributed by atoms with Crippen molar-refractivity contribution in [3.8, 4) is 0 Å². The molecule has 1 aliphatic rings. The first-order chi connectivity index (χ1) is 6.09. The summed E-state index contributed by atoms with van der Waals surface area (Å²) in [7, 11) is 1.87. The molecule has 0 radical (unpaired) electrons. The van der Waals surface area contributed by atoms with Crippen LogP contribution >= 0.6 is 0 Å². The maximum Gasteiger partial charge on any atom is 0.307 e. The fourth-order valence-electron chi connectivity index (χ4n) is 1.56. The van der Waals surface area contributed by atoms with Gasteiger partial charge in [-0.2, -0.15) is 5.10 Å². The lowest BCUT2D eigenvalue weighted by molar-refractivity contribution is -0.138. The molecule has 4 nitrogen and oxygen atoms in total. The first-order valence-corrected chi connectivity index (χ1v) is 4.33. The van der Waals surface area contributed by atoms with Crippen molar-refractivity contribution >= 4 is 5.97 Å². The molecule has 0 aromatic carbocycles. The number of rotatable bonds is 2. The minimum absolute atomic E-state index is 0.150. The van der Waals surface area contributed by atoms with Gasteiger partial charge in [-0.1, -0.05) is 0 Å². The average molecular weight is 180 g/mol. The Bertz CT molecular complexity index is 337. The number of hydrogen-bond acceptors (Lipinski definition) is 2. The molecule has 1 aromatic heterocycles. The van der Waals surface area contributed by atoms with Crippen LogP contribution in [0.25, 0.3) is 0 Å². The Morgan fingerprint density at radius 1 is 1.77 bits per heavy atom. The van der Waals surface area contributed by atoms with Crippen LogP contribution in [0, 0.1) is 12.8 Å². The molecule has 0 bridgehead atoms. The van der Waals surface area contributed by atoms with Gasteiger partial charge in [-0.15, -0.1) is 0 Å². The van der Waals surface area contributed by atoms with Crippen molar-refractivity contribution in [2.45, 2.75) is 19.3 Å². The van der Waals surface area contributed by atoms with Gasteiger partial charge in [0.1, 0.15) is 0 Å². The van der Waals surface area contributed by atoms with E-state index in [4.69, 9.17) is 5.11 Å². The zero-order valence-electron chi connectivity index (χ0n) is 7.69. The summed E-state index contributed by atoms with van der Waals surface area (Å²) < 4.78 is 1.78. The lowest BCUT2D eigenvalue weighted by atomic mass is 10.2. The second-order valence-electron chi connectivity index (χ2n) is 3.62. The molecule has 1 heterocycles. The maximum absolute atomic E-state index is 10.6. The van der Waals surface area contributed by atoms with E-state index < -0.39 is 5.97 Å². The molecule has 2 atom stereocenters. The summed E-state index contributed by atoms with van der Waals surface area (Å²) in [4.78, 5) is 10.6. The van der Waals surface area contributed by atoms with Crippen LogP contribution in [0.5, 0.6) is 0 Å². The molecule has 1 saturated carbocycles. The van der Waals surface area contributed by atoms with Crippen LogP contribution in [0.15, 0.2) is 6.07 Å². The van der Waals surface area contributed by atoms with Crippen LogP contribution in [0.1, 0.15) is 23.7 Å². The monoisotopic (exact) mass is 180 g/mol. The molecule has 2 rings (SSSR count). The van der Waals surface area contributed by atoms with Gasteiger partial charge in [0.15, 0.2) is 0 Å². The van der Waals surface area contributed by atoms with Gasteiger partial charge in [0, 0.05) is 18.7 Å². The second-order valence-corrected chi connectivity index (χ2v) is 3.62. The number of carboxylic acids is 1. The molecular formula is C9H12N2O2. The first-order valence-electron chi connectivity index (χ1n) is 4.33. The van der Waals surface area contributed by atoms with Crippen molar-refractivity contribution in [1.29, 1.82) is 0 Å². The van der Waals surface area contributed by atoms with Gasteiger partial charge >= 0.3 is 5.97 Å². The molecule has 0 saturated heterocycles. The summed E-state index contributed by atoms with van der Waals surface area (Å²) in [5.41, 5.74) is 2.00. The van der Waals surface area contributed by atoms with Gasteiger partial charge in [-0.25, -0.2) is 0 Å². The Hall–Kier alpha value is -1.32. The number of aliphatic carboxylic acids is 1. The van der Waals surface area contributed by atoms with E-state index in [9.17, 15) is 4.79 Å². The van der Waals surface area contributed by atoms with Crippen molar-refractivity contribution < 1.29 is 9.90 Å². The molecule has 0 unspecified atom stereocenters. The highest BCUT2D eigenvalue weighted by atomic mass is 16.4. The van der Waals surface area contributed by atoms with Gasteiger partial charge < -0.3 is 5.11 Å². The third kappa shape index (κ3) is 1.32. The predicted octanol–water partition coefficient (Wildman–Crippen LogP) is 0.917. The fourth-order valence-corrected chi connectivity index (χ4v) is 1.56. The van der Waals surface area contributed by atoms with E-state index in [-0.39, 0.29) is 11.8 Å². The van der Waals surface area contributed by atoms with Gasteiger partial charge in [0.25, 0.3) is 0 Å². The Balaban J connectivity index is 2.16. The minimum atomic E-state index is -0.701. The van der Waals surface area contributed by atoms with E-state index >= 15 is 0 Å². The molecule has 1 N–H and O–H groups in total. The quantitative estimate of drug-likeness (QED) is 0.736. The third-order valence-electron chi connectivity index (χ3n) is 2.62. The summed E-state index contributed by atoms with van der Waals surface area (Å²) in [5.74, 6) is -0.750. The molecular weight excluding hydrogens is 168 g/mol. The van der Waals surface area contributed by atoms with E-state index in [0.29, 0.717) is 0 Å². The molecule has 1 fully saturated rings. The van der Waals surface area contributed by atoms with Crippen molar-refractivity contribution in [2.75, 3.05) is 0 Å². The fraction of sp³-hybridized carbons (Fsp3) is 0.556. The minimum Gasteiger partial charge on any atom is -0.481 e. The van der Waals surface area contributed by atoms with Crippen LogP contribution in [0.3, 0.4) is 0 Å². The molecule has 13 heavy (non-hydrogen) atoms. The van der Waals surface area contributed by atoms with Crippen LogP contribution < -0.4 is 0 Å². The van der Waals surface area contributed by atoms with Crippen molar-refractivity contribution in [2.24, 2.45) is 13.0 Å². The largest absolute Gasteiger partial charge is 0.481 e. The lowest BCUT2D eigenvalue weighted by Crippen LogP contribution is -1.99. The van der Waals surface area contributed by atoms with Crippen LogP contribution in [0.4, 0.5) is 0 Å². The van der Waals surface area contributed by atoms with E-state index in [1.54, 1.807) is 4.68 Å². The van der Waals surface area contributed by atoms with Crippen LogP contribution in [0.2, 0.25) is 0 Å². The molecule has 1 aliphatic carbocycles. The summed E-state index contributed by atoms with van der Waals surface area (Å²) in [5, 5.41) is 13.0. The zero-order valence-corrected chi connectivity index (χ0v) is 7.69. The number of carbonyl (C=O) groups is 1. The predicted molar refractivity (Wildman–Crippen MR) is 46.4 cm³/mol. The highest BCUT2D eigenvalue weighted by molar-refractivity contribution is 5.75. The standard InChI is InChI=1S/C9H12N2O2/c1-5-3-8(10-11(5)2)6-4-7(6)9(12)13/h3,6-7H,4H2,1-2H3,(H,12,13)/t6-,7-/m1/s1. The Morgan fingerprint density at radius 3 is 2.85 bits per heavy atom. The Labute approximate surface area is 76.2 Å². The second kappa shape index (κ2) is 2.58. The van der Waals surface area contributed by atoms with E-state index in [0.717, 1.165) is 17.8 Å². The summed E-state index contributed by atoms with van der Waals surface area (Å²) in [6.07, 6.45) is 0.742. The first kappa shape index (κ1) is 8.29. The Kier molecular flexibility index (Phi) is 1.65. The van der Waals surface area contributed by atoms with Crippen molar-refractivity contribution in [1.82, 2.24) is 9.78 Å². The molecule has 70 valence electrons. The average Bonchev–Trinajstić information content (AvgIpc) is 2.76. The Morgan fingerprint density at radius 2 is 2.46 bits per heavy atom. The van der Waals surface area contributed by atoms with Gasteiger partial charge in [-0.3, -0.25) is 9.48 Å². The number of nitrogens with zero attached hydrogens (tertiary/aromatic N) is 2. The third-order valence-corrected chi connectivity index (χ3v) is 2.62. The topological polar surface area (TPSA) is 55.1 Å². The summed E-state index contributed by atoms with van der Waals surface area (Å²) >= 11 is 0. The maximum atomic E-state index is 10.6. The molecule has 4 heteroatoms. The SMILES string of the molecule is Cc1cc([C@@H]2C[C@H]2C(=O)O)nn1C. The molecule has 1 aromatic rings. The van der Waals surface area contributed by atoms with Crippen molar-refractivity contribution in [3.63, 3.8) is 0 Å². The highest BCUT2D eigenvalue weighted by Gasteiger charge is 2.45. The van der Waals surface area contributed by atoms with E-state index in [1.807, 2.05) is 20.0 Å². The van der Waals surface area contributed by atoms with Gasteiger partial charge in [-0.05, 0) is 19.4 Å². The van der Waals surface area contributed by atoms with Crippen LogP contribution in [-0.2, 0) is 11.8 Å². The molecule has 0 amide bonds. The number of hydrogen-bond donors (Lipinski definition) is 1. The highest BCUT2D eigenvalue weighted by Crippen LogP contribution is 2.46. The van der Waals surface area contributed by atoms with E-state index in [1.165, 1.54) is 0 Å². The van der Waals surface area contributed by atoms with E-state index in [2.05, 4.69) is 5.10 Å². The number of carboxylic acid groups (broad SMARTS) is 1. The van der Waals surface area contributed by atoms with Crippen molar-refractivity contribution in [3.05, 3.63) is 17.5 Å². The van der Waals surface area contributed by atoms with Gasteiger partial charge in [0.2, 0.25) is 0 Å². The lowest BCUT2D eigenvalue weighted by Gasteiger charge is -1.90. The number of aromatic nitrogens is 2. The smallest absolute Gasteiger partial charge is 0.307 e. The normalized spacial score (nSPS) is 26.0. The molecule has 0 spiro atoms. The van der Waals surface area contributed by atoms with Crippen LogP contribution in [-0.4, -0.2) is 20.9 Å².